The van der Waals surface area contributed by atoms with E-state index in [1.165, 1.54) is 13.1 Å². The third kappa shape index (κ3) is 4.89. The fraction of sp³-hybridized carbons (Fsp3) is 0.417. The van der Waals surface area contributed by atoms with Crippen LogP contribution in [0.2, 0.25) is 0 Å². The van der Waals surface area contributed by atoms with Crippen molar-refractivity contribution in [3.05, 3.63) is 48.0 Å². The van der Waals surface area contributed by atoms with Crippen LogP contribution >= 0.6 is 0 Å². The van der Waals surface area contributed by atoms with Crippen molar-refractivity contribution in [2.45, 2.75) is 44.0 Å². The van der Waals surface area contributed by atoms with Crippen molar-refractivity contribution in [3.8, 4) is 5.75 Å². The summed E-state index contributed by atoms with van der Waals surface area (Å²) < 4.78 is 32.6. The van der Waals surface area contributed by atoms with Crippen LogP contribution in [0.1, 0.15) is 32.3 Å². The Morgan fingerprint density at radius 2 is 1.85 bits per heavy atom. The summed E-state index contributed by atoms with van der Waals surface area (Å²) in [5.74, 6) is 0.474. The zero-order valence-electron chi connectivity index (χ0n) is 19.1. The average Bonchev–Trinajstić information content (AvgIpc) is 3.56. The van der Waals surface area contributed by atoms with Gasteiger partial charge >= 0.3 is 0 Å². The molecule has 2 aliphatic rings. The Morgan fingerprint density at radius 3 is 2.48 bits per heavy atom. The fourth-order valence-corrected chi connectivity index (χ4v) is 5.28. The van der Waals surface area contributed by atoms with E-state index in [0.717, 1.165) is 28.4 Å². The number of anilines is 2. The number of nitrogens with one attached hydrogen (secondary N) is 1. The first-order valence-corrected chi connectivity index (χ1v) is 12.6. The molecule has 0 spiro atoms. The molecule has 0 radical (unpaired) electrons. The van der Waals surface area contributed by atoms with Gasteiger partial charge in [0, 0.05) is 30.4 Å². The Hall–Kier alpha value is -2.91. The molecule has 2 aromatic carbocycles. The average molecular weight is 472 g/mol. The Labute approximate surface area is 194 Å². The zero-order valence-corrected chi connectivity index (χ0v) is 19.9. The molecule has 0 unspecified atom stereocenters. The first-order valence-electron chi connectivity index (χ1n) is 11.2. The molecule has 0 saturated heterocycles. The highest BCUT2D eigenvalue weighted by atomic mass is 32.2. The molecule has 176 valence electrons. The molecule has 0 bridgehead atoms. The number of sulfonamides is 1. The number of rotatable bonds is 8. The van der Waals surface area contributed by atoms with Crippen molar-refractivity contribution >= 4 is 33.2 Å². The van der Waals surface area contributed by atoms with E-state index in [0.29, 0.717) is 24.5 Å². The van der Waals surface area contributed by atoms with E-state index >= 15 is 0 Å². The molecule has 2 aromatic rings. The molecule has 4 rings (SSSR count). The third-order valence-electron chi connectivity index (χ3n) is 5.95. The maximum atomic E-state index is 13.1. The van der Waals surface area contributed by atoms with E-state index in [2.05, 4.69) is 5.32 Å². The molecule has 9 heteroatoms. The molecule has 8 nitrogen and oxygen atoms in total. The SMILES string of the molecule is CCOc1ccc(NC(=O)CN(C)S(=O)(=O)c2ccc3c(c2)C[C@H](C)N3C(=O)C2CC2)cc1. The maximum Gasteiger partial charge on any atom is 0.243 e. The smallest absolute Gasteiger partial charge is 0.243 e. The Kier molecular flexibility index (Phi) is 6.45. The predicted octanol–water partition coefficient (Wildman–Crippen LogP) is 3.03. The quantitative estimate of drug-likeness (QED) is 0.639. The third-order valence-corrected chi connectivity index (χ3v) is 7.75. The van der Waals surface area contributed by atoms with Crippen LogP contribution in [0.3, 0.4) is 0 Å². The number of hydrogen-bond acceptors (Lipinski definition) is 5. The Balaban J connectivity index is 1.44. The zero-order chi connectivity index (χ0) is 23.8. The standard InChI is InChI=1S/C24H29N3O5S/c1-4-32-20-9-7-19(8-10-20)25-23(28)15-26(3)33(30,31)21-11-12-22-18(14-21)13-16(2)27(22)24(29)17-5-6-17/h7-12,14,16-17H,4-6,13,15H2,1-3H3,(H,25,28)/t16-/m0/s1. The van der Waals surface area contributed by atoms with Gasteiger partial charge in [-0.3, -0.25) is 9.59 Å². The molecule has 1 aliphatic heterocycles. The summed E-state index contributed by atoms with van der Waals surface area (Å²) in [6, 6.07) is 11.7. The van der Waals surface area contributed by atoms with E-state index in [-0.39, 0.29) is 29.3 Å². The van der Waals surface area contributed by atoms with Crippen LogP contribution in [0.25, 0.3) is 0 Å². The lowest BCUT2D eigenvalue weighted by molar-refractivity contribution is -0.120. The lowest BCUT2D eigenvalue weighted by atomic mass is 10.1. The van der Waals surface area contributed by atoms with Crippen LogP contribution in [0.4, 0.5) is 11.4 Å². The van der Waals surface area contributed by atoms with Crippen LogP contribution < -0.4 is 15.0 Å². The van der Waals surface area contributed by atoms with Gasteiger partial charge in [-0.15, -0.1) is 0 Å². The molecule has 1 fully saturated rings. The number of benzene rings is 2. The fourth-order valence-electron chi connectivity index (χ4n) is 4.10. The van der Waals surface area contributed by atoms with Gasteiger partial charge in [0.05, 0.1) is 18.0 Å². The number of hydrogen-bond donors (Lipinski definition) is 1. The lowest BCUT2D eigenvalue weighted by Crippen LogP contribution is -2.36. The number of amides is 2. The normalized spacial score (nSPS) is 17.7. The summed E-state index contributed by atoms with van der Waals surface area (Å²) in [6.45, 7) is 4.09. The van der Waals surface area contributed by atoms with Crippen LogP contribution in [-0.2, 0) is 26.0 Å². The predicted molar refractivity (Wildman–Crippen MR) is 126 cm³/mol. The minimum Gasteiger partial charge on any atom is -0.494 e. The van der Waals surface area contributed by atoms with Gasteiger partial charge in [-0.25, -0.2) is 8.42 Å². The summed E-state index contributed by atoms with van der Waals surface area (Å²) in [7, 11) is -2.49. The summed E-state index contributed by atoms with van der Waals surface area (Å²) in [5, 5.41) is 2.70. The monoisotopic (exact) mass is 471 g/mol. The Morgan fingerprint density at radius 1 is 1.15 bits per heavy atom. The van der Waals surface area contributed by atoms with Gasteiger partial charge in [0.1, 0.15) is 5.75 Å². The van der Waals surface area contributed by atoms with Gasteiger partial charge in [0.15, 0.2) is 0 Å². The first-order chi connectivity index (χ1) is 15.7. The van der Waals surface area contributed by atoms with Crippen molar-refractivity contribution in [2.75, 3.05) is 30.4 Å². The minimum atomic E-state index is -3.87. The summed E-state index contributed by atoms with van der Waals surface area (Å²) in [4.78, 5) is 27.0. The number of nitrogens with zero attached hydrogens (tertiary/aromatic N) is 2. The van der Waals surface area contributed by atoms with E-state index in [1.807, 2.05) is 13.8 Å². The van der Waals surface area contributed by atoms with Gasteiger partial charge in [0.2, 0.25) is 21.8 Å². The van der Waals surface area contributed by atoms with E-state index in [9.17, 15) is 18.0 Å². The molecule has 1 atom stereocenters. The minimum absolute atomic E-state index is 0.00340. The molecule has 2 amide bonds. The van der Waals surface area contributed by atoms with Crippen LogP contribution in [0.15, 0.2) is 47.4 Å². The van der Waals surface area contributed by atoms with Crippen LogP contribution in [0.5, 0.6) is 5.75 Å². The number of carbonyl (C=O) groups is 2. The topological polar surface area (TPSA) is 96.0 Å². The van der Waals surface area contributed by atoms with Crippen LogP contribution in [0, 0.1) is 5.92 Å². The van der Waals surface area contributed by atoms with Gasteiger partial charge in [-0.1, -0.05) is 0 Å². The first kappa shape index (κ1) is 23.3. The van der Waals surface area contributed by atoms with Gasteiger partial charge in [-0.05, 0) is 81.1 Å². The van der Waals surface area contributed by atoms with Crippen molar-refractivity contribution in [2.24, 2.45) is 5.92 Å². The van der Waals surface area contributed by atoms with E-state index < -0.39 is 15.9 Å². The largest absolute Gasteiger partial charge is 0.494 e. The highest BCUT2D eigenvalue weighted by molar-refractivity contribution is 7.89. The molecule has 0 aromatic heterocycles. The van der Waals surface area contributed by atoms with E-state index in [1.54, 1.807) is 41.3 Å². The molecule has 1 aliphatic carbocycles. The van der Waals surface area contributed by atoms with Crippen LogP contribution in [-0.4, -0.2) is 50.8 Å². The lowest BCUT2D eigenvalue weighted by Gasteiger charge is -2.23. The van der Waals surface area contributed by atoms with Crippen molar-refractivity contribution in [1.29, 1.82) is 0 Å². The molecular weight excluding hydrogens is 442 g/mol. The second-order valence-electron chi connectivity index (χ2n) is 8.59. The maximum absolute atomic E-state index is 13.1. The molecule has 33 heavy (non-hydrogen) atoms. The second-order valence-corrected chi connectivity index (χ2v) is 10.6. The van der Waals surface area contributed by atoms with E-state index in [4.69, 9.17) is 4.74 Å². The Bertz CT molecular complexity index is 1160. The number of ether oxygens (including phenoxy) is 1. The van der Waals surface area contributed by atoms with Gasteiger partial charge in [0.25, 0.3) is 0 Å². The molecular formula is C24H29N3O5S. The molecule has 1 N–H and O–H groups in total. The molecule has 1 saturated carbocycles. The number of carbonyl (C=O) groups excluding carboxylic acids is 2. The van der Waals surface area contributed by atoms with Crippen molar-refractivity contribution < 1.29 is 22.7 Å². The summed E-state index contributed by atoms with van der Waals surface area (Å²) in [6.07, 6.45) is 2.46. The van der Waals surface area contributed by atoms with Crippen molar-refractivity contribution in [1.82, 2.24) is 4.31 Å². The summed E-state index contributed by atoms with van der Waals surface area (Å²) in [5.41, 5.74) is 2.18. The molecule has 1 heterocycles. The number of fused-ring (bicyclic) bond motifs is 1. The highest BCUT2D eigenvalue weighted by Gasteiger charge is 2.40. The van der Waals surface area contributed by atoms with Crippen molar-refractivity contribution in [3.63, 3.8) is 0 Å². The van der Waals surface area contributed by atoms with Gasteiger partial charge in [-0.2, -0.15) is 4.31 Å². The number of likely N-dealkylation sites (N-methyl/N-ethyl adjacent to an activating group) is 1. The van der Waals surface area contributed by atoms with Gasteiger partial charge < -0.3 is 15.0 Å². The summed E-state index contributed by atoms with van der Waals surface area (Å²) >= 11 is 0. The highest BCUT2D eigenvalue weighted by Crippen LogP contribution is 2.39. The second kappa shape index (κ2) is 9.15.